The molecule has 4 unspecified atom stereocenters. The molecule has 0 heterocycles. The van der Waals surface area contributed by atoms with Crippen molar-refractivity contribution in [3.05, 3.63) is 11.5 Å². The Kier molecular flexibility index (Phi) is 11.6. The van der Waals surface area contributed by atoms with Gasteiger partial charge in [-0.15, -0.1) is 0 Å². The standard InChI is InChI=1S/C8H16N2.2H2O.Pt/c1-5-3-7(9)8(10)4-6(5)2;;;/h5-10H,3-4H2,1-2H3;2*1H2;/q-2;;;+2. The summed E-state index contributed by atoms with van der Waals surface area (Å²) in [6.45, 7) is 4.39. The van der Waals surface area contributed by atoms with E-state index >= 15 is 0 Å². The zero-order chi connectivity index (χ0) is 7.72. The summed E-state index contributed by atoms with van der Waals surface area (Å²) in [6.07, 6.45) is 1.85. The summed E-state index contributed by atoms with van der Waals surface area (Å²) in [6, 6.07) is -0.239. The van der Waals surface area contributed by atoms with Crippen molar-refractivity contribution in [2.24, 2.45) is 11.8 Å². The van der Waals surface area contributed by atoms with E-state index < -0.39 is 0 Å². The second-order valence-corrected chi connectivity index (χ2v) is 3.64. The molecule has 84 valence electrons. The Hall–Kier alpha value is 0.528. The van der Waals surface area contributed by atoms with Crippen molar-refractivity contribution in [2.75, 3.05) is 0 Å². The van der Waals surface area contributed by atoms with Crippen LogP contribution in [0.5, 0.6) is 0 Å². The molecule has 1 aliphatic rings. The molecule has 0 aromatic heterocycles. The quantitative estimate of drug-likeness (QED) is 0.610. The first-order valence-corrected chi connectivity index (χ1v) is 4.03. The van der Waals surface area contributed by atoms with Gasteiger partial charge in [0.15, 0.2) is 0 Å². The molecule has 6 N–H and O–H groups in total. The summed E-state index contributed by atoms with van der Waals surface area (Å²) in [4.78, 5) is 0. The molecule has 5 heteroatoms. The van der Waals surface area contributed by atoms with Crippen LogP contribution in [0.25, 0.3) is 11.5 Å². The maximum atomic E-state index is 7.51. The molecule has 1 saturated carbocycles. The van der Waals surface area contributed by atoms with Gasteiger partial charge in [0.25, 0.3) is 0 Å². The predicted octanol–water partition coefficient (Wildman–Crippen LogP) is 1.24. The van der Waals surface area contributed by atoms with E-state index in [-0.39, 0.29) is 44.1 Å². The summed E-state index contributed by atoms with van der Waals surface area (Å²) in [5, 5.41) is 0. The second-order valence-electron chi connectivity index (χ2n) is 3.64. The Morgan fingerprint density at radius 3 is 1.31 bits per heavy atom. The predicted molar refractivity (Wildman–Crippen MR) is 51.0 cm³/mol. The fourth-order valence-electron chi connectivity index (χ4n) is 1.59. The van der Waals surface area contributed by atoms with Crippen LogP contribution >= 0.6 is 0 Å². The van der Waals surface area contributed by atoms with Crippen molar-refractivity contribution in [1.29, 1.82) is 0 Å². The minimum atomic E-state index is -0.119. The van der Waals surface area contributed by atoms with Gasteiger partial charge in [-0.3, -0.25) is 0 Å². The monoisotopic (exact) mass is 371 g/mol. The third-order valence-electron chi connectivity index (χ3n) is 2.71. The first-order chi connectivity index (χ1) is 4.61. The van der Waals surface area contributed by atoms with Crippen molar-refractivity contribution in [3.8, 4) is 0 Å². The Morgan fingerprint density at radius 2 is 1.08 bits per heavy atom. The minimum absolute atomic E-state index is 0. The molecule has 13 heavy (non-hydrogen) atoms. The molecular formula is C8H20N2O2Pt. The van der Waals surface area contributed by atoms with Gasteiger partial charge in [-0.1, -0.05) is 26.7 Å². The van der Waals surface area contributed by atoms with Crippen LogP contribution in [0.4, 0.5) is 0 Å². The van der Waals surface area contributed by atoms with E-state index in [1.54, 1.807) is 0 Å². The molecule has 0 aromatic rings. The number of hydrogen-bond donors (Lipinski definition) is 0. The number of hydrogen-bond acceptors (Lipinski definition) is 0. The Bertz CT molecular complexity index is 101. The van der Waals surface area contributed by atoms with E-state index in [1.165, 1.54) is 0 Å². The largest absolute Gasteiger partial charge is 2.00 e. The fourth-order valence-corrected chi connectivity index (χ4v) is 1.59. The number of nitrogens with one attached hydrogen (secondary N) is 2. The van der Waals surface area contributed by atoms with Crippen molar-refractivity contribution in [1.82, 2.24) is 0 Å². The van der Waals surface area contributed by atoms with Crippen LogP contribution in [-0.4, -0.2) is 23.0 Å². The molecule has 1 aliphatic carbocycles. The zero-order valence-electron chi connectivity index (χ0n) is 8.04. The molecule has 0 bridgehead atoms. The third-order valence-corrected chi connectivity index (χ3v) is 2.71. The number of rotatable bonds is 0. The van der Waals surface area contributed by atoms with Crippen LogP contribution < -0.4 is 0 Å². The third kappa shape index (κ3) is 5.08. The molecular weight excluding hydrogens is 351 g/mol. The molecule has 1 fully saturated rings. The summed E-state index contributed by atoms with van der Waals surface area (Å²) in [5.74, 6) is 1.31. The topological polar surface area (TPSA) is 111 Å². The van der Waals surface area contributed by atoms with Crippen LogP contribution in [0.15, 0.2) is 0 Å². The first-order valence-electron chi connectivity index (χ1n) is 4.03. The Morgan fingerprint density at radius 1 is 0.846 bits per heavy atom. The van der Waals surface area contributed by atoms with Crippen molar-refractivity contribution >= 4 is 0 Å². The van der Waals surface area contributed by atoms with E-state index in [1.807, 2.05) is 0 Å². The van der Waals surface area contributed by atoms with E-state index in [0.29, 0.717) is 11.8 Å². The first kappa shape index (κ1) is 19.2. The molecule has 0 aliphatic heterocycles. The van der Waals surface area contributed by atoms with Crippen molar-refractivity contribution in [2.45, 2.75) is 38.8 Å². The Balaban J connectivity index is -0.000000333. The minimum Gasteiger partial charge on any atom is -0.676 e. The molecule has 0 spiro atoms. The zero-order valence-corrected chi connectivity index (χ0v) is 10.3. The van der Waals surface area contributed by atoms with Crippen LogP contribution in [0, 0.1) is 11.8 Å². The van der Waals surface area contributed by atoms with Gasteiger partial charge in [-0.25, -0.2) is 0 Å². The van der Waals surface area contributed by atoms with E-state index in [9.17, 15) is 0 Å². The van der Waals surface area contributed by atoms with Gasteiger partial charge >= 0.3 is 21.1 Å². The van der Waals surface area contributed by atoms with Gasteiger partial charge in [0.05, 0.1) is 0 Å². The van der Waals surface area contributed by atoms with Gasteiger partial charge in [0.1, 0.15) is 0 Å². The van der Waals surface area contributed by atoms with Gasteiger partial charge in [0.2, 0.25) is 0 Å². The van der Waals surface area contributed by atoms with Crippen molar-refractivity contribution < 1.29 is 32.0 Å². The van der Waals surface area contributed by atoms with E-state index in [0.717, 1.165) is 12.8 Å². The van der Waals surface area contributed by atoms with Crippen LogP contribution in [0.3, 0.4) is 0 Å². The smallest absolute Gasteiger partial charge is 0.676 e. The van der Waals surface area contributed by atoms with Gasteiger partial charge in [-0.2, -0.15) is 12.1 Å². The molecule has 4 nitrogen and oxygen atoms in total. The summed E-state index contributed by atoms with van der Waals surface area (Å²) in [7, 11) is 0. The molecule has 0 radical (unpaired) electrons. The Labute approximate surface area is 94.3 Å². The fraction of sp³-hybridized carbons (Fsp3) is 1.00. The SMILES string of the molecule is CC1CC([NH-])C([NH-])CC1C.O.O.[Pt+2]. The normalized spacial score (nSPS) is 37.8. The summed E-state index contributed by atoms with van der Waals surface area (Å²) < 4.78 is 0. The van der Waals surface area contributed by atoms with Crippen molar-refractivity contribution in [3.63, 3.8) is 0 Å². The molecule has 0 amide bonds. The molecule has 1 rings (SSSR count). The maximum absolute atomic E-state index is 7.51. The van der Waals surface area contributed by atoms with E-state index in [4.69, 9.17) is 11.5 Å². The average molecular weight is 371 g/mol. The van der Waals surface area contributed by atoms with E-state index in [2.05, 4.69) is 13.8 Å². The maximum Gasteiger partial charge on any atom is 2.00 e. The molecule has 0 saturated heterocycles. The second kappa shape index (κ2) is 7.89. The van der Waals surface area contributed by atoms with Crippen LogP contribution in [0.2, 0.25) is 0 Å². The van der Waals surface area contributed by atoms with Gasteiger partial charge in [-0.05, 0) is 11.8 Å². The van der Waals surface area contributed by atoms with Gasteiger partial charge < -0.3 is 22.4 Å². The van der Waals surface area contributed by atoms with Gasteiger partial charge in [0, 0.05) is 0 Å². The average Bonchev–Trinajstić information content (AvgIpc) is 1.84. The molecule has 0 aromatic carbocycles. The summed E-state index contributed by atoms with van der Waals surface area (Å²) in [5.41, 5.74) is 15.0. The molecule has 4 atom stereocenters. The summed E-state index contributed by atoms with van der Waals surface area (Å²) >= 11 is 0. The van der Waals surface area contributed by atoms with Crippen LogP contribution in [-0.2, 0) is 21.1 Å². The van der Waals surface area contributed by atoms with Crippen LogP contribution in [0.1, 0.15) is 26.7 Å².